The normalized spacial score (nSPS) is 16.3. The molecule has 1 aliphatic rings. The van der Waals surface area contributed by atoms with E-state index in [1.165, 1.54) is 24.4 Å². The SMILES string of the molecule is COc1cc(C2/C(=C(\O)c3ccncc3)C(=O)C(=O)N2CCc2ccccc2)ccc1OCc1ccccc1. The summed E-state index contributed by atoms with van der Waals surface area (Å²) < 4.78 is 11.6. The van der Waals surface area contributed by atoms with Crippen LogP contribution in [0, 0.1) is 0 Å². The number of pyridine rings is 1. The number of hydrogen-bond donors (Lipinski definition) is 1. The molecule has 0 aliphatic carbocycles. The van der Waals surface area contributed by atoms with E-state index >= 15 is 0 Å². The predicted octanol–water partition coefficient (Wildman–Crippen LogP) is 5.33. The number of aromatic nitrogens is 1. The number of amides is 1. The Hall–Kier alpha value is -4.91. The lowest BCUT2D eigenvalue weighted by atomic mass is 9.95. The fourth-order valence-corrected chi connectivity index (χ4v) is 4.73. The van der Waals surface area contributed by atoms with Gasteiger partial charge in [0.15, 0.2) is 11.5 Å². The first kappa shape index (κ1) is 25.7. The van der Waals surface area contributed by atoms with Crippen LogP contribution in [0.1, 0.15) is 28.3 Å². The minimum Gasteiger partial charge on any atom is -0.507 e. The minimum atomic E-state index is -0.807. The van der Waals surface area contributed by atoms with Crippen LogP contribution in [0.2, 0.25) is 0 Å². The lowest BCUT2D eigenvalue weighted by Crippen LogP contribution is -2.31. The van der Waals surface area contributed by atoms with Gasteiger partial charge in [-0.1, -0.05) is 66.7 Å². The summed E-state index contributed by atoms with van der Waals surface area (Å²) in [5, 5.41) is 11.2. The van der Waals surface area contributed by atoms with Crippen LogP contribution < -0.4 is 9.47 Å². The number of nitrogens with zero attached hydrogens (tertiary/aromatic N) is 2. The molecule has 0 spiro atoms. The van der Waals surface area contributed by atoms with E-state index in [1.807, 2.05) is 60.7 Å². The molecule has 39 heavy (non-hydrogen) atoms. The second kappa shape index (κ2) is 11.6. The van der Waals surface area contributed by atoms with Gasteiger partial charge in [-0.3, -0.25) is 14.6 Å². The van der Waals surface area contributed by atoms with Crippen LogP contribution in [-0.4, -0.2) is 40.3 Å². The molecule has 1 amide bonds. The van der Waals surface area contributed by atoms with Gasteiger partial charge in [0.2, 0.25) is 0 Å². The highest BCUT2D eigenvalue weighted by atomic mass is 16.5. The van der Waals surface area contributed by atoms with E-state index < -0.39 is 17.7 Å². The van der Waals surface area contributed by atoms with Crippen molar-refractivity contribution in [2.45, 2.75) is 19.1 Å². The average Bonchev–Trinajstić information content (AvgIpc) is 3.25. The third kappa shape index (κ3) is 5.52. The summed E-state index contributed by atoms with van der Waals surface area (Å²) in [6.07, 6.45) is 3.60. The zero-order valence-corrected chi connectivity index (χ0v) is 21.5. The molecule has 1 N–H and O–H groups in total. The van der Waals surface area contributed by atoms with E-state index in [-0.39, 0.29) is 11.3 Å². The number of likely N-dealkylation sites (tertiary alicyclic amines) is 1. The van der Waals surface area contributed by atoms with Gasteiger partial charge in [-0.2, -0.15) is 0 Å². The minimum absolute atomic E-state index is 0.0271. The molecule has 0 saturated carbocycles. The molecule has 1 aromatic heterocycles. The maximum Gasteiger partial charge on any atom is 0.295 e. The molecule has 0 radical (unpaired) electrons. The van der Waals surface area contributed by atoms with Crippen molar-refractivity contribution in [3.05, 3.63) is 131 Å². The van der Waals surface area contributed by atoms with Gasteiger partial charge in [-0.25, -0.2) is 0 Å². The fraction of sp³-hybridized carbons (Fsp3) is 0.156. The van der Waals surface area contributed by atoms with Gasteiger partial charge in [0.05, 0.1) is 18.7 Å². The van der Waals surface area contributed by atoms with Crippen LogP contribution in [0.15, 0.2) is 109 Å². The van der Waals surface area contributed by atoms with Crippen LogP contribution >= 0.6 is 0 Å². The quantitative estimate of drug-likeness (QED) is 0.182. The Kier molecular flexibility index (Phi) is 7.68. The van der Waals surface area contributed by atoms with Gasteiger partial charge < -0.3 is 19.5 Å². The molecule has 2 heterocycles. The van der Waals surface area contributed by atoms with E-state index in [0.29, 0.717) is 42.2 Å². The Bertz CT molecular complexity index is 1490. The summed E-state index contributed by atoms with van der Waals surface area (Å²) in [7, 11) is 1.54. The number of aliphatic hydroxyl groups is 1. The number of rotatable bonds is 9. The molecule has 7 nitrogen and oxygen atoms in total. The Morgan fingerprint density at radius 2 is 1.54 bits per heavy atom. The van der Waals surface area contributed by atoms with Gasteiger partial charge in [-0.05, 0) is 47.4 Å². The first-order valence-electron chi connectivity index (χ1n) is 12.6. The van der Waals surface area contributed by atoms with Crippen LogP contribution in [-0.2, 0) is 22.6 Å². The zero-order valence-electron chi connectivity index (χ0n) is 21.5. The van der Waals surface area contributed by atoms with Crippen molar-refractivity contribution in [1.29, 1.82) is 0 Å². The lowest BCUT2D eigenvalue weighted by molar-refractivity contribution is -0.139. The number of carbonyl (C=O) groups is 2. The maximum absolute atomic E-state index is 13.3. The number of ketones is 1. The molecule has 7 heteroatoms. The number of carbonyl (C=O) groups excluding carboxylic acids is 2. The number of hydrogen-bond acceptors (Lipinski definition) is 6. The Labute approximate surface area is 227 Å². The Balaban J connectivity index is 1.53. The fourth-order valence-electron chi connectivity index (χ4n) is 4.73. The third-order valence-electron chi connectivity index (χ3n) is 6.72. The lowest BCUT2D eigenvalue weighted by Gasteiger charge is -2.26. The van der Waals surface area contributed by atoms with E-state index in [1.54, 1.807) is 30.3 Å². The first-order chi connectivity index (χ1) is 19.1. The molecule has 1 fully saturated rings. The zero-order chi connectivity index (χ0) is 27.2. The van der Waals surface area contributed by atoms with Gasteiger partial charge in [0.25, 0.3) is 11.7 Å². The van der Waals surface area contributed by atoms with Crippen molar-refractivity contribution in [2.75, 3.05) is 13.7 Å². The number of aliphatic hydroxyl groups excluding tert-OH is 1. The first-order valence-corrected chi connectivity index (χ1v) is 12.6. The molecule has 1 unspecified atom stereocenters. The van der Waals surface area contributed by atoms with Crippen LogP contribution in [0.3, 0.4) is 0 Å². The van der Waals surface area contributed by atoms with Crippen LogP contribution in [0.5, 0.6) is 11.5 Å². The summed E-state index contributed by atoms with van der Waals surface area (Å²) in [4.78, 5) is 32.1. The van der Waals surface area contributed by atoms with Gasteiger partial charge in [0.1, 0.15) is 12.4 Å². The number of ether oxygens (including phenoxy) is 2. The van der Waals surface area contributed by atoms with Gasteiger partial charge >= 0.3 is 0 Å². The molecule has 0 bridgehead atoms. The highest BCUT2D eigenvalue weighted by molar-refractivity contribution is 6.46. The molecular formula is C32H28N2O5. The second-order valence-electron chi connectivity index (χ2n) is 9.15. The molecule has 1 atom stereocenters. The van der Waals surface area contributed by atoms with E-state index in [2.05, 4.69) is 4.98 Å². The van der Waals surface area contributed by atoms with Crippen molar-refractivity contribution < 1.29 is 24.2 Å². The highest BCUT2D eigenvalue weighted by Crippen LogP contribution is 2.42. The van der Waals surface area contributed by atoms with Crippen molar-refractivity contribution in [1.82, 2.24) is 9.88 Å². The molecule has 3 aromatic carbocycles. The van der Waals surface area contributed by atoms with E-state index in [4.69, 9.17) is 9.47 Å². The summed E-state index contributed by atoms with van der Waals surface area (Å²) >= 11 is 0. The van der Waals surface area contributed by atoms with Gasteiger partial charge in [0, 0.05) is 24.5 Å². The molecule has 1 saturated heterocycles. The summed E-state index contributed by atoms with van der Waals surface area (Å²) in [5.74, 6) is -0.645. The molecule has 196 valence electrons. The Morgan fingerprint density at radius 1 is 0.872 bits per heavy atom. The summed E-state index contributed by atoms with van der Waals surface area (Å²) in [5.41, 5.74) is 3.11. The topological polar surface area (TPSA) is 89.0 Å². The van der Waals surface area contributed by atoms with Gasteiger partial charge in [-0.15, -0.1) is 0 Å². The second-order valence-corrected chi connectivity index (χ2v) is 9.15. The summed E-state index contributed by atoms with van der Waals surface area (Å²) in [6.45, 7) is 0.648. The Morgan fingerprint density at radius 3 is 2.21 bits per heavy atom. The smallest absolute Gasteiger partial charge is 0.295 e. The van der Waals surface area contributed by atoms with Crippen molar-refractivity contribution in [3.63, 3.8) is 0 Å². The maximum atomic E-state index is 13.3. The summed E-state index contributed by atoms with van der Waals surface area (Å²) in [6, 6.07) is 27.2. The van der Waals surface area contributed by atoms with E-state index in [0.717, 1.165) is 11.1 Å². The molecular weight excluding hydrogens is 492 g/mol. The number of benzene rings is 3. The van der Waals surface area contributed by atoms with Crippen molar-refractivity contribution in [3.8, 4) is 11.5 Å². The van der Waals surface area contributed by atoms with Crippen molar-refractivity contribution in [2.24, 2.45) is 0 Å². The molecule has 1 aliphatic heterocycles. The number of Topliss-reactive ketones (excluding diaryl/α,β-unsaturated/α-hetero) is 1. The third-order valence-corrected chi connectivity index (χ3v) is 6.72. The van der Waals surface area contributed by atoms with Crippen LogP contribution in [0.25, 0.3) is 5.76 Å². The molecule has 4 aromatic rings. The predicted molar refractivity (Wildman–Crippen MR) is 147 cm³/mol. The molecule has 5 rings (SSSR count). The monoisotopic (exact) mass is 520 g/mol. The highest BCUT2D eigenvalue weighted by Gasteiger charge is 2.46. The average molecular weight is 521 g/mol. The number of methoxy groups -OCH3 is 1. The van der Waals surface area contributed by atoms with Crippen LogP contribution in [0.4, 0.5) is 0 Å². The largest absolute Gasteiger partial charge is 0.507 e. The standard InChI is InChI=1S/C32H28N2O5/c1-38-27-20-25(12-13-26(27)39-21-23-10-6-3-7-11-23)29-28(30(35)24-14-17-33-18-15-24)31(36)32(37)34(29)19-16-22-8-4-2-5-9-22/h2-15,17-18,20,29,35H,16,19,21H2,1H3/b30-28+. The van der Waals surface area contributed by atoms with Crippen molar-refractivity contribution >= 4 is 17.4 Å². The van der Waals surface area contributed by atoms with E-state index in [9.17, 15) is 14.7 Å².